The van der Waals surface area contributed by atoms with Crippen LogP contribution < -0.4 is 11.1 Å². The van der Waals surface area contributed by atoms with Crippen molar-refractivity contribution in [2.75, 3.05) is 12.3 Å². The zero-order valence-electron chi connectivity index (χ0n) is 9.09. The van der Waals surface area contributed by atoms with Crippen LogP contribution in [0.15, 0.2) is 12.3 Å². The van der Waals surface area contributed by atoms with Crippen molar-refractivity contribution in [2.45, 2.75) is 19.8 Å². The molecule has 0 bridgehead atoms. The number of anilines is 1. The maximum absolute atomic E-state index is 11.7. The van der Waals surface area contributed by atoms with Crippen molar-refractivity contribution in [1.29, 1.82) is 0 Å². The van der Waals surface area contributed by atoms with Crippen molar-refractivity contribution in [2.24, 2.45) is 5.41 Å². The van der Waals surface area contributed by atoms with Crippen molar-refractivity contribution in [3.63, 3.8) is 0 Å². The topological polar surface area (TPSA) is 68.0 Å². The summed E-state index contributed by atoms with van der Waals surface area (Å²) in [6, 6.07) is 1.54. The largest absolute Gasteiger partial charge is 0.382 e. The summed E-state index contributed by atoms with van der Waals surface area (Å²) in [4.78, 5) is 15.6. The van der Waals surface area contributed by atoms with E-state index in [1.165, 1.54) is 25.1 Å². The monoisotopic (exact) mass is 239 g/mol. The third kappa shape index (κ3) is 2.44. The zero-order chi connectivity index (χ0) is 11.8. The van der Waals surface area contributed by atoms with Crippen LogP contribution in [0.1, 0.15) is 30.1 Å². The maximum Gasteiger partial charge on any atom is 0.252 e. The minimum absolute atomic E-state index is 0.150. The molecule has 1 aromatic heterocycles. The number of nitrogens with two attached hydrogens (primary N) is 1. The number of carbonyl (C=O) groups is 1. The van der Waals surface area contributed by atoms with E-state index in [1.54, 1.807) is 0 Å². The predicted molar refractivity (Wildman–Crippen MR) is 63.3 cm³/mol. The summed E-state index contributed by atoms with van der Waals surface area (Å²) >= 11 is 5.79. The van der Waals surface area contributed by atoms with Crippen molar-refractivity contribution in [3.8, 4) is 0 Å². The van der Waals surface area contributed by atoms with Gasteiger partial charge in [-0.3, -0.25) is 4.79 Å². The van der Waals surface area contributed by atoms with Crippen LogP contribution in [0.25, 0.3) is 0 Å². The molecule has 0 saturated heterocycles. The molecule has 1 amide bonds. The molecular weight excluding hydrogens is 226 g/mol. The van der Waals surface area contributed by atoms with Crippen LogP contribution >= 0.6 is 11.6 Å². The van der Waals surface area contributed by atoms with Gasteiger partial charge in [-0.05, 0) is 24.3 Å². The standard InChI is InChI=1S/C11H14ClN3O/c1-11(2-3-11)6-15-10(16)7-4-8(12)9(13)14-5-7/h4-5H,2-3,6H2,1H3,(H2,13,14)(H,15,16). The van der Waals surface area contributed by atoms with E-state index in [1.807, 2.05) is 0 Å². The van der Waals surface area contributed by atoms with Crippen LogP contribution in [-0.4, -0.2) is 17.4 Å². The number of aromatic nitrogens is 1. The van der Waals surface area contributed by atoms with Crippen LogP contribution in [0, 0.1) is 5.41 Å². The lowest BCUT2D eigenvalue weighted by molar-refractivity contribution is 0.0946. The second-order valence-electron chi connectivity index (χ2n) is 4.58. The molecule has 0 aliphatic heterocycles. The quantitative estimate of drug-likeness (QED) is 0.846. The van der Waals surface area contributed by atoms with E-state index in [9.17, 15) is 4.79 Å². The molecule has 1 aromatic rings. The van der Waals surface area contributed by atoms with Crippen molar-refractivity contribution in [1.82, 2.24) is 10.3 Å². The first-order chi connectivity index (χ1) is 7.50. The Hall–Kier alpha value is -1.29. The number of nitrogens with zero attached hydrogens (tertiary/aromatic N) is 1. The predicted octanol–water partition coefficient (Wildman–Crippen LogP) is 1.85. The summed E-state index contributed by atoms with van der Waals surface area (Å²) in [6.45, 7) is 2.86. The van der Waals surface area contributed by atoms with E-state index < -0.39 is 0 Å². The van der Waals surface area contributed by atoms with Gasteiger partial charge in [0.05, 0.1) is 10.6 Å². The highest BCUT2D eigenvalue weighted by atomic mass is 35.5. The Bertz CT molecular complexity index is 429. The van der Waals surface area contributed by atoms with Gasteiger partial charge >= 0.3 is 0 Å². The van der Waals surface area contributed by atoms with Gasteiger partial charge in [0.1, 0.15) is 5.82 Å². The average molecular weight is 240 g/mol. The van der Waals surface area contributed by atoms with Gasteiger partial charge in [0.15, 0.2) is 0 Å². The molecule has 1 saturated carbocycles. The first-order valence-corrected chi connectivity index (χ1v) is 5.57. The Morgan fingerprint density at radius 2 is 2.38 bits per heavy atom. The molecule has 86 valence electrons. The summed E-state index contributed by atoms with van der Waals surface area (Å²) in [7, 11) is 0. The minimum atomic E-state index is -0.150. The Kier molecular flexibility index (Phi) is 2.76. The molecule has 5 heteroatoms. The first-order valence-electron chi connectivity index (χ1n) is 5.19. The minimum Gasteiger partial charge on any atom is -0.382 e. The second kappa shape index (κ2) is 3.94. The fraction of sp³-hybridized carbons (Fsp3) is 0.455. The Morgan fingerprint density at radius 1 is 1.69 bits per heavy atom. The van der Waals surface area contributed by atoms with Crippen LogP contribution in [0.2, 0.25) is 5.02 Å². The third-order valence-electron chi connectivity index (χ3n) is 2.91. The number of pyridine rings is 1. The van der Waals surface area contributed by atoms with Crippen LogP contribution in [-0.2, 0) is 0 Å². The number of hydrogen-bond acceptors (Lipinski definition) is 3. The summed E-state index contributed by atoms with van der Waals surface area (Å²) in [6.07, 6.45) is 3.79. The lowest BCUT2D eigenvalue weighted by atomic mass is 10.1. The second-order valence-corrected chi connectivity index (χ2v) is 4.99. The molecule has 1 aliphatic rings. The molecule has 16 heavy (non-hydrogen) atoms. The number of nitrogen functional groups attached to an aromatic ring is 1. The average Bonchev–Trinajstić information content (AvgIpc) is 2.98. The van der Waals surface area contributed by atoms with Gasteiger partial charge in [0.25, 0.3) is 5.91 Å². The summed E-state index contributed by atoms with van der Waals surface area (Å²) in [5.74, 6) is 0.0925. The number of amides is 1. The smallest absolute Gasteiger partial charge is 0.252 e. The highest BCUT2D eigenvalue weighted by Gasteiger charge is 2.37. The van der Waals surface area contributed by atoms with Crippen molar-refractivity contribution in [3.05, 3.63) is 22.8 Å². The molecule has 4 nitrogen and oxygen atoms in total. The third-order valence-corrected chi connectivity index (χ3v) is 3.21. The first kappa shape index (κ1) is 11.2. The van der Waals surface area contributed by atoms with E-state index in [0.29, 0.717) is 22.5 Å². The fourth-order valence-corrected chi connectivity index (χ4v) is 1.52. The SMILES string of the molecule is CC1(CNC(=O)c2cnc(N)c(Cl)c2)CC1. The summed E-state index contributed by atoms with van der Waals surface area (Å²) in [5.41, 5.74) is 6.21. The van der Waals surface area contributed by atoms with E-state index in [-0.39, 0.29) is 11.7 Å². The lowest BCUT2D eigenvalue weighted by Crippen LogP contribution is -2.29. The Balaban J connectivity index is 2.00. The molecule has 2 rings (SSSR count). The van der Waals surface area contributed by atoms with Crippen LogP contribution in [0.4, 0.5) is 5.82 Å². The van der Waals surface area contributed by atoms with E-state index in [2.05, 4.69) is 17.2 Å². The number of halogens is 1. The van der Waals surface area contributed by atoms with Crippen molar-refractivity contribution >= 4 is 23.3 Å². The summed E-state index contributed by atoms with van der Waals surface area (Å²) in [5, 5.41) is 3.18. The van der Waals surface area contributed by atoms with Gasteiger partial charge in [0.2, 0.25) is 0 Å². The summed E-state index contributed by atoms with van der Waals surface area (Å²) < 4.78 is 0. The van der Waals surface area contributed by atoms with Crippen molar-refractivity contribution < 1.29 is 4.79 Å². The molecule has 3 N–H and O–H groups in total. The van der Waals surface area contributed by atoms with Gasteiger partial charge in [0, 0.05) is 12.7 Å². The molecule has 0 aromatic carbocycles. The van der Waals surface area contributed by atoms with Gasteiger partial charge in [-0.25, -0.2) is 4.98 Å². The number of carbonyl (C=O) groups excluding carboxylic acids is 1. The zero-order valence-corrected chi connectivity index (χ0v) is 9.84. The fourth-order valence-electron chi connectivity index (χ4n) is 1.36. The molecule has 1 fully saturated rings. The van der Waals surface area contributed by atoms with Gasteiger partial charge < -0.3 is 11.1 Å². The maximum atomic E-state index is 11.7. The van der Waals surface area contributed by atoms with E-state index in [4.69, 9.17) is 17.3 Å². The van der Waals surface area contributed by atoms with Gasteiger partial charge in [-0.1, -0.05) is 18.5 Å². The van der Waals surface area contributed by atoms with Crippen LogP contribution in [0.3, 0.4) is 0 Å². The molecule has 1 heterocycles. The Morgan fingerprint density at radius 3 is 2.94 bits per heavy atom. The van der Waals surface area contributed by atoms with Gasteiger partial charge in [-0.15, -0.1) is 0 Å². The highest BCUT2D eigenvalue weighted by Crippen LogP contribution is 2.44. The van der Waals surface area contributed by atoms with Gasteiger partial charge in [-0.2, -0.15) is 0 Å². The number of nitrogens with one attached hydrogen (secondary N) is 1. The molecule has 0 atom stereocenters. The Labute approximate surface area is 99.2 Å². The molecular formula is C11H14ClN3O. The highest BCUT2D eigenvalue weighted by molar-refractivity contribution is 6.33. The normalized spacial score (nSPS) is 16.9. The van der Waals surface area contributed by atoms with E-state index in [0.717, 1.165) is 0 Å². The molecule has 0 radical (unpaired) electrons. The molecule has 0 spiro atoms. The molecule has 1 aliphatic carbocycles. The lowest BCUT2D eigenvalue weighted by Gasteiger charge is -2.10. The number of hydrogen-bond donors (Lipinski definition) is 2. The van der Waals surface area contributed by atoms with Crippen LogP contribution in [0.5, 0.6) is 0 Å². The number of rotatable bonds is 3. The molecule has 0 unspecified atom stereocenters. The van der Waals surface area contributed by atoms with E-state index >= 15 is 0 Å².